The monoisotopic (exact) mass is 226 g/mol. The molecule has 17 heavy (non-hydrogen) atoms. The Morgan fingerprint density at radius 1 is 1.06 bits per heavy atom. The average Bonchev–Trinajstić information content (AvgIpc) is 2.37. The first-order chi connectivity index (χ1) is 8.29. The van der Waals surface area contributed by atoms with E-state index < -0.39 is 5.63 Å². The molecule has 0 fully saturated rings. The van der Waals surface area contributed by atoms with Crippen molar-refractivity contribution in [2.45, 2.75) is 0 Å². The van der Waals surface area contributed by atoms with Crippen LogP contribution in [0.1, 0.15) is 0 Å². The van der Waals surface area contributed by atoms with Crippen molar-refractivity contribution in [3.8, 4) is 5.75 Å². The van der Waals surface area contributed by atoms with Gasteiger partial charge in [0.05, 0.1) is 18.6 Å². The van der Waals surface area contributed by atoms with Gasteiger partial charge < -0.3 is 9.15 Å². The van der Waals surface area contributed by atoms with Crippen molar-refractivity contribution in [2.24, 2.45) is 0 Å². The molecular weight excluding hydrogens is 216 g/mol. The summed E-state index contributed by atoms with van der Waals surface area (Å²) in [6.45, 7) is 0. The van der Waals surface area contributed by atoms with E-state index >= 15 is 0 Å². The maximum atomic E-state index is 11.5. The van der Waals surface area contributed by atoms with Crippen LogP contribution in [0, 0.1) is 0 Å². The standard InChI is InChI=1S/C14H10O3/c1-16-12-8-13(15)17-14-10-5-3-2-4-9(10)6-7-11(12)14/h2-8H,1H3. The second kappa shape index (κ2) is 3.63. The second-order valence-corrected chi connectivity index (χ2v) is 3.80. The number of rotatable bonds is 1. The highest BCUT2D eigenvalue weighted by Gasteiger charge is 2.08. The summed E-state index contributed by atoms with van der Waals surface area (Å²) in [5.41, 5.74) is 0.179. The molecule has 3 nitrogen and oxygen atoms in total. The minimum atomic E-state index is -0.397. The number of hydrogen-bond donors (Lipinski definition) is 0. The highest BCUT2D eigenvalue weighted by molar-refractivity contribution is 6.05. The molecule has 1 aromatic heterocycles. The van der Waals surface area contributed by atoms with E-state index in [4.69, 9.17) is 9.15 Å². The summed E-state index contributed by atoms with van der Waals surface area (Å²) in [6, 6.07) is 13.0. The molecule has 0 atom stereocenters. The van der Waals surface area contributed by atoms with Crippen LogP contribution in [0.5, 0.6) is 5.75 Å². The van der Waals surface area contributed by atoms with Crippen LogP contribution in [0.3, 0.4) is 0 Å². The molecule has 0 aliphatic heterocycles. The predicted molar refractivity (Wildman–Crippen MR) is 66.5 cm³/mol. The summed E-state index contributed by atoms with van der Waals surface area (Å²) in [4.78, 5) is 11.5. The SMILES string of the molecule is COc1cc(=O)oc2c1ccc1ccccc12. The lowest BCUT2D eigenvalue weighted by Crippen LogP contribution is -1.98. The van der Waals surface area contributed by atoms with Crippen LogP contribution in [0.2, 0.25) is 0 Å². The normalized spacial score (nSPS) is 10.9. The first-order valence-electron chi connectivity index (χ1n) is 5.29. The van der Waals surface area contributed by atoms with Crippen molar-refractivity contribution in [1.82, 2.24) is 0 Å². The summed E-state index contributed by atoms with van der Waals surface area (Å²) in [5.74, 6) is 0.544. The first-order valence-corrected chi connectivity index (χ1v) is 5.29. The van der Waals surface area contributed by atoms with Crippen molar-refractivity contribution < 1.29 is 9.15 Å². The van der Waals surface area contributed by atoms with E-state index in [-0.39, 0.29) is 0 Å². The van der Waals surface area contributed by atoms with Crippen molar-refractivity contribution in [3.63, 3.8) is 0 Å². The van der Waals surface area contributed by atoms with Crippen molar-refractivity contribution in [3.05, 3.63) is 52.9 Å². The van der Waals surface area contributed by atoms with Crippen LogP contribution in [-0.4, -0.2) is 7.11 Å². The first kappa shape index (κ1) is 9.90. The highest BCUT2D eigenvalue weighted by Crippen LogP contribution is 2.29. The Labute approximate surface area is 97.2 Å². The molecule has 0 spiro atoms. The van der Waals surface area contributed by atoms with Crippen molar-refractivity contribution in [2.75, 3.05) is 7.11 Å². The Kier molecular flexibility index (Phi) is 2.11. The predicted octanol–water partition coefficient (Wildman–Crippen LogP) is 2.95. The molecule has 0 unspecified atom stereocenters. The third-order valence-electron chi connectivity index (χ3n) is 2.82. The van der Waals surface area contributed by atoms with Gasteiger partial charge in [0.2, 0.25) is 0 Å². The molecule has 0 aliphatic carbocycles. The zero-order chi connectivity index (χ0) is 11.8. The smallest absolute Gasteiger partial charge is 0.339 e. The highest BCUT2D eigenvalue weighted by atomic mass is 16.5. The van der Waals surface area contributed by atoms with Gasteiger partial charge in [-0.2, -0.15) is 0 Å². The molecule has 0 saturated heterocycles. The van der Waals surface area contributed by atoms with Gasteiger partial charge in [0, 0.05) is 5.39 Å². The topological polar surface area (TPSA) is 39.4 Å². The zero-order valence-corrected chi connectivity index (χ0v) is 9.27. The molecule has 3 aromatic rings. The van der Waals surface area contributed by atoms with E-state index in [2.05, 4.69) is 0 Å². The summed E-state index contributed by atoms with van der Waals surface area (Å²) in [5, 5.41) is 2.77. The Morgan fingerprint density at radius 2 is 1.88 bits per heavy atom. The van der Waals surface area contributed by atoms with E-state index in [9.17, 15) is 4.79 Å². The van der Waals surface area contributed by atoms with E-state index in [0.717, 1.165) is 16.2 Å². The lowest BCUT2D eigenvalue weighted by atomic mass is 10.1. The maximum Gasteiger partial charge on any atom is 0.339 e. The maximum absolute atomic E-state index is 11.5. The molecule has 0 radical (unpaired) electrons. The molecule has 3 rings (SSSR count). The van der Waals surface area contributed by atoms with Crippen LogP contribution in [0.15, 0.2) is 51.7 Å². The average molecular weight is 226 g/mol. The molecule has 0 saturated carbocycles. The largest absolute Gasteiger partial charge is 0.496 e. The van der Waals surface area contributed by atoms with Crippen LogP contribution in [-0.2, 0) is 0 Å². The molecule has 84 valence electrons. The third kappa shape index (κ3) is 1.47. The van der Waals surface area contributed by atoms with E-state index in [1.165, 1.54) is 6.07 Å². The fraction of sp³-hybridized carbons (Fsp3) is 0.0714. The van der Waals surface area contributed by atoms with Crippen LogP contribution >= 0.6 is 0 Å². The van der Waals surface area contributed by atoms with Gasteiger partial charge in [-0.15, -0.1) is 0 Å². The third-order valence-corrected chi connectivity index (χ3v) is 2.82. The Hall–Kier alpha value is -2.29. The number of methoxy groups -OCH3 is 1. The molecule has 3 heteroatoms. The molecule has 0 aliphatic rings. The quantitative estimate of drug-likeness (QED) is 0.473. The second-order valence-electron chi connectivity index (χ2n) is 3.80. The van der Waals surface area contributed by atoms with Crippen molar-refractivity contribution >= 4 is 21.7 Å². The van der Waals surface area contributed by atoms with Gasteiger partial charge >= 0.3 is 5.63 Å². The summed E-state index contributed by atoms with van der Waals surface area (Å²) in [6.07, 6.45) is 0. The van der Waals surface area contributed by atoms with E-state index in [1.54, 1.807) is 7.11 Å². The Bertz CT molecular complexity index is 756. The summed E-state index contributed by atoms with van der Waals surface area (Å²) < 4.78 is 10.5. The van der Waals surface area contributed by atoms with Crippen LogP contribution in [0.25, 0.3) is 21.7 Å². The molecule has 2 aromatic carbocycles. The fourth-order valence-corrected chi connectivity index (χ4v) is 2.03. The van der Waals surface area contributed by atoms with Gasteiger partial charge in [0.15, 0.2) is 0 Å². The number of hydrogen-bond acceptors (Lipinski definition) is 3. The zero-order valence-electron chi connectivity index (χ0n) is 9.27. The Morgan fingerprint density at radius 3 is 2.71 bits per heavy atom. The fourth-order valence-electron chi connectivity index (χ4n) is 2.03. The van der Waals surface area contributed by atoms with Gasteiger partial charge in [-0.25, -0.2) is 4.79 Å². The van der Waals surface area contributed by atoms with Gasteiger partial charge in [-0.1, -0.05) is 30.3 Å². The molecule has 0 bridgehead atoms. The van der Waals surface area contributed by atoms with Crippen LogP contribution < -0.4 is 10.4 Å². The van der Waals surface area contributed by atoms with E-state index in [0.29, 0.717) is 11.3 Å². The number of fused-ring (bicyclic) bond motifs is 3. The Balaban J connectivity index is 2.58. The molecule has 0 amide bonds. The van der Waals surface area contributed by atoms with Gasteiger partial charge in [0.25, 0.3) is 0 Å². The molecule has 0 N–H and O–H groups in total. The van der Waals surface area contributed by atoms with Gasteiger partial charge in [-0.05, 0) is 11.5 Å². The minimum absolute atomic E-state index is 0.397. The van der Waals surface area contributed by atoms with Gasteiger partial charge in [-0.3, -0.25) is 0 Å². The summed E-state index contributed by atoms with van der Waals surface area (Å²) in [7, 11) is 1.55. The van der Waals surface area contributed by atoms with Crippen LogP contribution in [0.4, 0.5) is 0 Å². The lowest BCUT2D eigenvalue weighted by molar-refractivity contribution is 0.413. The summed E-state index contributed by atoms with van der Waals surface area (Å²) >= 11 is 0. The van der Waals surface area contributed by atoms with Crippen molar-refractivity contribution in [1.29, 1.82) is 0 Å². The minimum Gasteiger partial charge on any atom is -0.496 e. The number of ether oxygens (including phenoxy) is 1. The van der Waals surface area contributed by atoms with E-state index in [1.807, 2.05) is 36.4 Å². The lowest BCUT2D eigenvalue weighted by Gasteiger charge is -2.06. The molecular formula is C14H10O3. The number of benzene rings is 2. The molecule has 1 heterocycles. The van der Waals surface area contributed by atoms with Gasteiger partial charge in [0.1, 0.15) is 11.3 Å².